The molecule has 0 unspecified atom stereocenters. The highest BCUT2D eigenvalue weighted by Gasteiger charge is 2.34. The van der Waals surface area contributed by atoms with Gasteiger partial charge >= 0.3 is 0 Å². The van der Waals surface area contributed by atoms with Gasteiger partial charge in [0, 0.05) is 31.1 Å². The Morgan fingerprint density at radius 3 is 2.07 bits per heavy atom. The summed E-state index contributed by atoms with van der Waals surface area (Å²) in [6.07, 6.45) is 0.203. The number of halogens is 1. The molecule has 44 heavy (non-hydrogen) atoms. The molecule has 0 bridgehead atoms. The molecule has 4 rings (SSSR count). The van der Waals surface area contributed by atoms with E-state index in [4.69, 9.17) is 21.1 Å². The van der Waals surface area contributed by atoms with Crippen LogP contribution in [0, 0.1) is 0 Å². The Labute approximate surface area is 263 Å². The van der Waals surface area contributed by atoms with E-state index < -0.39 is 34.4 Å². The van der Waals surface area contributed by atoms with Crippen LogP contribution in [0.4, 0.5) is 5.69 Å². The third-order valence-corrected chi connectivity index (χ3v) is 9.05. The summed E-state index contributed by atoms with van der Waals surface area (Å²) in [5.74, 6) is -0.310. The van der Waals surface area contributed by atoms with Gasteiger partial charge in [0.05, 0.1) is 24.8 Å². The molecule has 2 amide bonds. The molecule has 0 fully saturated rings. The summed E-state index contributed by atoms with van der Waals surface area (Å²) < 4.78 is 40.0. The maximum absolute atomic E-state index is 14.4. The zero-order chi connectivity index (χ0) is 31.7. The SMILES string of the molecule is CNC(=O)[C@@H](Cc1ccccc1)N(Cc1cccc(Cl)c1)C(=O)CN(c1ccc(OC)c(OC)c1)S(=O)(=O)c1ccccc1. The number of anilines is 1. The van der Waals surface area contributed by atoms with Crippen LogP contribution < -0.4 is 19.1 Å². The second kappa shape index (κ2) is 14.8. The number of methoxy groups -OCH3 is 2. The number of sulfonamides is 1. The summed E-state index contributed by atoms with van der Waals surface area (Å²) in [6.45, 7) is -0.592. The van der Waals surface area contributed by atoms with Crippen molar-refractivity contribution >= 4 is 39.1 Å². The van der Waals surface area contributed by atoms with Crippen molar-refractivity contribution < 1.29 is 27.5 Å². The van der Waals surface area contributed by atoms with E-state index in [9.17, 15) is 18.0 Å². The second-order valence-electron chi connectivity index (χ2n) is 9.84. The number of carbonyl (C=O) groups is 2. The van der Waals surface area contributed by atoms with E-state index in [1.165, 1.54) is 50.4 Å². The molecule has 0 aliphatic rings. The minimum atomic E-state index is -4.25. The fraction of sp³-hybridized carbons (Fsp3) is 0.212. The molecule has 0 radical (unpaired) electrons. The van der Waals surface area contributed by atoms with Gasteiger partial charge in [-0.25, -0.2) is 8.42 Å². The molecule has 4 aromatic rings. The lowest BCUT2D eigenvalue weighted by Crippen LogP contribution is -2.53. The average Bonchev–Trinajstić information content (AvgIpc) is 3.05. The van der Waals surface area contributed by atoms with Crippen molar-refractivity contribution in [1.82, 2.24) is 10.2 Å². The van der Waals surface area contributed by atoms with Crippen LogP contribution in [-0.2, 0) is 32.6 Å². The monoisotopic (exact) mass is 635 g/mol. The zero-order valence-electron chi connectivity index (χ0n) is 24.6. The number of benzene rings is 4. The molecule has 0 aliphatic carbocycles. The first-order valence-corrected chi connectivity index (χ1v) is 15.6. The predicted octanol–water partition coefficient (Wildman–Crippen LogP) is 4.94. The Kier molecular flexibility index (Phi) is 10.9. The van der Waals surface area contributed by atoms with Crippen LogP contribution in [0.3, 0.4) is 0 Å². The van der Waals surface area contributed by atoms with Crippen LogP contribution in [0.1, 0.15) is 11.1 Å². The van der Waals surface area contributed by atoms with E-state index in [2.05, 4.69) is 5.32 Å². The summed E-state index contributed by atoms with van der Waals surface area (Å²) >= 11 is 6.26. The smallest absolute Gasteiger partial charge is 0.264 e. The Hall–Kier alpha value is -4.54. The van der Waals surface area contributed by atoms with Gasteiger partial charge < -0.3 is 19.7 Å². The Morgan fingerprint density at radius 2 is 1.45 bits per heavy atom. The number of nitrogens with one attached hydrogen (secondary N) is 1. The lowest BCUT2D eigenvalue weighted by molar-refractivity contribution is -0.139. The maximum Gasteiger partial charge on any atom is 0.264 e. The molecule has 4 aromatic carbocycles. The van der Waals surface area contributed by atoms with Crippen molar-refractivity contribution in [2.24, 2.45) is 0 Å². The molecular weight excluding hydrogens is 602 g/mol. The van der Waals surface area contributed by atoms with Crippen molar-refractivity contribution in [2.45, 2.75) is 23.9 Å². The van der Waals surface area contributed by atoms with E-state index in [0.29, 0.717) is 16.3 Å². The minimum Gasteiger partial charge on any atom is -0.493 e. The molecule has 1 atom stereocenters. The molecular formula is C33H34ClN3O6S. The molecule has 0 aliphatic heterocycles. The highest BCUT2D eigenvalue weighted by molar-refractivity contribution is 7.92. The summed E-state index contributed by atoms with van der Waals surface area (Å²) in [7, 11) is 0.157. The van der Waals surface area contributed by atoms with Gasteiger partial charge in [0.2, 0.25) is 11.8 Å². The van der Waals surface area contributed by atoms with E-state index >= 15 is 0 Å². The first-order valence-electron chi connectivity index (χ1n) is 13.8. The number of rotatable bonds is 13. The molecule has 0 heterocycles. The lowest BCUT2D eigenvalue weighted by atomic mass is 10.0. The van der Waals surface area contributed by atoms with Gasteiger partial charge in [-0.1, -0.05) is 72.3 Å². The van der Waals surface area contributed by atoms with Crippen molar-refractivity contribution in [2.75, 3.05) is 32.1 Å². The van der Waals surface area contributed by atoms with E-state index in [1.54, 1.807) is 48.5 Å². The van der Waals surface area contributed by atoms with Gasteiger partial charge in [0.15, 0.2) is 11.5 Å². The Morgan fingerprint density at radius 1 is 0.818 bits per heavy atom. The molecule has 0 saturated carbocycles. The molecule has 9 nitrogen and oxygen atoms in total. The first kappa shape index (κ1) is 32.4. The summed E-state index contributed by atoms with van der Waals surface area (Å²) in [4.78, 5) is 29.1. The normalized spacial score (nSPS) is 11.7. The third-order valence-electron chi connectivity index (χ3n) is 7.02. The number of likely N-dealkylation sites (N-methyl/N-ethyl adjacent to an activating group) is 1. The van der Waals surface area contributed by atoms with Crippen LogP contribution in [-0.4, -0.2) is 59.0 Å². The van der Waals surface area contributed by atoms with Crippen LogP contribution in [0.5, 0.6) is 11.5 Å². The highest BCUT2D eigenvalue weighted by Crippen LogP contribution is 2.34. The Balaban J connectivity index is 1.82. The first-order chi connectivity index (χ1) is 21.2. The van der Waals surface area contributed by atoms with E-state index in [0.717, 1.165) is 9.87 Å². The molecule has 0 saturated heterocycles. The van der Waals surface area contributed by atoms with Crippen molar-refractivity contribution in [3.8, 4) is 11.5 Å². The van der Waals surface area contributed by atoms with Crippen molar-refractivity contribution in [3.05, 3.63) is 119 Å². The number of amides is 2. The summed E-state index contributed by atoms with van der Waals surface area (Å²) in [5, 5.41) is 3.13. The molecule has 0 spiro atoms. The number of carbonyl (C=O) groups excluding carboxylic acids is 2. The fourth-order valence-electron chi connectivity index (χ4n) is 4.78. The largest absolute Gasteiger partial charge is 0.493 e. The zero-order valence-corrected chi connectivity index (χ0v) is 26.2. The van der Waals surface area contributed by atoms with Gasteiger partial charge in [-0.15, -0.1) is 0 Å². The van der Waals surface area contributed by atoms with Gasteiger partial charge in [-0.05, 0) is 47.5 Å². The number of hydrogen-bond acceptors (Lipinski definition) is 6. The Bertz CT molecular complexity index is 1690. The lowest BCUT2D eigenvalue weighted by Gasteiger charge is -2.33. The quantitative estimate of drug-likeness (QED) is 0.223. The van der Waals surface area contributed by atoms with Crippen LogP contribution in [0.2, 0.25) is 5.02 Å². The minimum absolute atomic E-state index is 0.00360. The van der Waals surface area contributed by atoms with Crippen molar-refractivity contribution in [3.63, 3.8) is 0 Å². The maximum atomic E-state index is 14.4. The topological polar surface area (TPSA) is 105 Å². The third kappa shape index (κ3) is 7.69. The number of nitrogens with zero attached hydrogens (tertiary/aromatic N) is 2. The molecule has 0 aromatic heterocycles. The summed E-state index contributed by atoms with van der Waals surface area (Å²) in [6, 6.07) is 27.7. The van der Waals surface area contributed by atoms with Gasteiger partial charge in [0.25, 0.3) is 10.0 Å². The molecule has 1 N–H and O–H groups in total. The van der Waals surface area contributed by atoms with E-state index in [1.807, 2.05) is 30.3 Å². The van der Waals surface area contributed by atoms with Crippen LogP contribution >= 0.6 is 11.6 Å². The molecule has 11 heteroatoms. The van der Waals surface area contributed by atoms with Crippen molar-refractivity contribution in [1.29, 1.82) is 0 Å². The summed E-state index contributed by atoms with van der Waals surface area (Å²) in [5.41, 5.74) is 1.69. The fourth-order valence-corrected chi connectivity index (χ4v) is 6.42. The highest BCUT2D eigenvalue weighted by atomic mass is 35.5. The van der Waals surface area contributed by atoms with Gasteiger partial charge in [-0.2, -0.15) is 0 Å². The van der Waals surface area contributed by atoms with Crippen LogP contribution in [0.15, 0.2) is 108 Å². The van der Waals surface area contributed by atoms with E-state index in [-0.39, 0.29) is 29.3 Å². The molecule has 230 valence electrons. The predicted molar refractivity (Wildman–Crippen MR) is 171 cm³/mol. The standard InChI is InChI=1S/C33H34ClN3O6S/c1-35-33(39)29(20-24-11-6-4-7-12-24)36(22-25-13-10-14-26(34)19-25)32(38)23-37(44(40,41)28-15-8-5-9-16-28)27-17-18-30(42-2)31(21-27)43-3/h4-19,21,29H,20,22-23H2,1-3H3,(H,35,39)/t29-/m1/s1. The van der Waals surface area contributed by atoms with Gasteiger partial charge in [-0.3, -0.25) is 13.9 Å². The van der Waals surface area contributed by atoms with Gasteiger partial charge in [0.1, 0.15) is 12.6 Å². The second-order valence-corrected chi connectivity index (χ2v) is 12.1. The number of ether oxygens (including phenoxy) is 2. The van der Waals surface area contributed by atoms with Crippen LogP contribution in [0.25, 0.3) is 0 Å². The average molecular weight is 636 g/mol. The number of hydrogen-bond donors (Lipinski definition) is 1.